The summed E-state index contributed by atoms with van der Waals surface area (Å²) in [6.45, 7) is -0.919. The Morgan fingerprint density at radius 2 is 2.04 bits per heavy atom. The summed E-state index contributed by atoms with van der Waals surface area (Å²) in [5.74, 6) is -2.87. The van der Waals surface area contributed by atoms with Gasteiger partial charge in [-0.1, -0.05) is 0 Å². The lowest BCUT2D eigenvalue weighted by Gasteiger charge is -2.11. The number of pyridine rings is 1. The number of fused-ring (bicyclic) bond motifs is 1. The minimum Gasteiger partial charge on any atom is -0.448 e. The number of carbonyl (C=O) groups is 1. The second kappa shape index (κ2) is 8.77. The molecule has 0 bridgehead atoms. The molecule has 8 nitrogen and oxygen atoms in total. The number of nitrogens with zero attached hydrogens (tertiary/aromatic N) is 1. The van der Waals surface area contributed by atoms with E-state index in [1.807, 2.05) is 5.48 Å². The van der Waals surface area contributed by atoms with Gasteiger partial charge in [0, 0.05) is 16.0 Å². The van der Waals surface area contributed by atoms with E-state index >= 15 is 0 Å². The minimum atomic E-state index is -1.19. The van der Waals surface area contributed by atoms with Gasteiger partial charge in [0.15, 0.2) is 11.6 Å². The molecule has 28 heavy (non-hydrogen) atoms. The van der Waals surface area contributed by atoms with Gasteiger partial charge in [-0.25, -0.2) is 14.3 Å². The van der Waals surface area contributed by atoms with Crippen molar-refractivity contribution in [3.8, 4) is 0 Å². The highest BCUT2D eigenvalue weighted by Gasteiger charge is 2.23. The molecule has 0 saturated heterocycles. The van der Waals surface area contributed by atoms with Crippen LogP contribution in [0.15, 0.2) is 35.0 Å². The number of halogens is 3. The van der Waals surface area contributed by atoms with Crippen LogP contribution in [0.1, 0.15) is 10.6 Å². The molecule has 148 valence electrons. The molecule has 1 amide bonds. The van der Waals surface area contributed by atoms with Gasteiger partial charge >= 0.3 is 5.91 Å². The first-order chi connectivity index (χ1) is 13.4. The van der Waals surface area contributed by atoms with Gasteiger partial charge < -0.3 is 19.9 Å². The predicted octanol–water partition coefficient (Wildman–Crippen LogP) is 2.47. The molecule has 0 spiro atoms. The van der Waals surface area contributed by atoms with Crippen molar-refractivity contribution in [1.29, 1.82) is 0 Å². The van der Waals surface area contributed by atoms with Gasteiger partial charge in [0.1, 0.15) is 29.7 Å². The van der Waals surface area contributed by atoms with Crippen LogP contribution in [0.3, 0.4) is 0 Å². The number of rotatable bonds is 7. The summed E-state index contributed by atoms with van der Waals surface area (Å²) in [5, 5.41) is 20.9. The second-order valence-electron chi connectivity index (χ2n) is 5.63. The fourth-order valence-corrected chi connectivity index (χ4v) is 2.86. The lowest BCUT2D eigenvalue weighted by Crippen LogP contribution is -2.30. The molecule has 2 heterocycles. The number of anilines is 2. The Kier molecular flexibility index (Phi) is 6.39. The van der Waals surface area contributed by atoms with Crippen LogP contribution >= 0.6 is 22.6 Å². The van der Waals surface area contributed by atoms with Crippen molar-refractivity contribution >= 4 is 50.8 Å². The van der Waals surface area contributed by atoms with Crippen LogP contribution in [0.5, 0.6) is 0 Å². The number of aliphatic hydroxyl groups excluding tert-OH is 2. The van der Waals surface area contributed by atoms with Gasteiger partial charge in [0.25, 0.3) is 0 Å². The average molecular weight is 505 g/mol. The van der Waals surface area contributed by atoms with Crippen molar-refractivity contribution in [2.45, 2.75) is 6.10 Å². The molecule has 11 heteroatoms. The Hall–Kier alpha value is -2.35. The molecule has 0 radical (unpaired) electrons. The minimum absolute atomic E-state index is 0.00841. The predicted molar refractivity (Wildman–Crippen MR) is 103 cm³/mol. The van der Waals surface area contributed by atoms with Crippen molar-refractivity contribution < 1.29 is 33.0 Å². The van der Waals surface area contributed by atoms with E-state index in [1.54, 1.807) is 22.6 Å². The molecule has 0 fully saturated rings. The summed E-state index contributed by atoms with van der Waals surface area (Å²) < 4.78 is 34.3. The van der Waals surface area contributed by atoms with Gasteiger partial charge in [-0.05, 0) is 40.8 Å². The molecular formula is C17H14F2IN3O5. The Bertz CT molecular complexity index is 991. The monoisotopic (exact) mass is 505 g/mol. The van der Waals surface area contributed by atoms with Crippen molar-refractivity contribution in [2.75, 3.05) is 18.5 Å². The largest absolute Gasteiger partial charge is 0.448 e. The molecule has 1 atom stereocenters. The Morgan fingerprint density at radius 3 is 2.71 bits per heavy atom. The van der Waals surface area contributed by atoms with Gasteiger partial charge in [0.2, 0.25) is 5.76 Å². The summed E-state index contributed by atoms with van der Waals surface area (Å²) in [7, 11) is 0. The van der Waals surface area contributed by atoms with E-state index in [0.717, 1.165) is 12.1 Å². The maximum atomic E-state index is 14.2. The maximum absolute atomic E-state index is 14.2. The molecule has 3 rings (SSSR count). The van der Waals surface area contributed by atoms with Gasteiger partial charge in [0.05, 0.1) is 12.0 Å². The molecule has 4 N–H and O–H groups in total. The number of benzene rings is 1. The number of carbonyl (C=O) groups excluding carboxylic acids is 1. The van der Waals surface area contributed by atoms with Crippen molar-refractivity contribution in [1.82, 2.24) is 10.5 Å². The van der Waals surface area contributed by atoms with E-state index < -0.39 is 35.9 Å². The summed E-state index contributed by atoms with van der Waals surface area (Å²) >= 11 is 1.78. The van der Waals surface area contributed by atoms with Crippen LogP contribution in [0.4, 0.5) is 20.2 Å². The van der Waals surface area contributed by atoms with Gasteiger partial charge in [-0.3, -0.25) is 14.6 Å². The number of amides is 1. The number of hydroxylamine groups is 1. The fraction of sp³-hybridized carbons (Fsp3) is 0.176. The lowest BCUT2D eigenvalue weighted by molar-refractivity contribution is -0.0302. The Labute approximate surface area is 170 Å². The van der Waals surface area contributed by atoms with E-state index in [1.165, 1.54) is 18.5 Å². The number of hydrogen-bond acceptors (Lipinski definition) is 7. The Balaban J connectivity index is 1.95. The molecule has 0 aliphatic carbocycles. The topological polar surface area (TPSA) is 117 Å². The average Bonchev–Trinajstić information content (AvgIpc) is 3.03. The van der Waals surface area contributed by atoms with Crippen LogP contribution in [0.25, 0.3) is 11.0 Å². The third-order valence-corrected chi connectivity index (χ3v) is 4.23. The Morgan fingerprint density at radius 1 is 1.32 bits per heavy atom. The zero-order valence-electron chi connectivity index (χ0n) is 14.1. The highest BCUT2D eigenvalue weighted by Crippen LogP contribution is 2.34. The summed E-state index contributed by atoms with van der Waals surface area (Å²) in [4.78, 5) is 21.1. The fourth-order valence-electron chi connectivity index (χ4n) is 2.31. The van der Waals surface area contributed by atoms with Gasteiger partial charge in [-0.2, -0.15) is 0 Å². The lowest BCUT2D eigenvalue weighted by atomic mass is 10.2. The highest BCUT2D eigenvalue weighted by atomic mass is 127. The molecule has 3 aromatic rings. The third-order valence-electron chi connectivity index (χ3n) is 3.60. The summed E-state index contributed by atoms with van der Waals surface area (Å²) in [6.07, 6.45) is 1.61. The first-order valence-corrected chi connectivity index (χ1v) is 8.97. The molecule has 1 aromatic carbocycles. The zero-order chi connectivity index (χ0) is 20.3. The standard InChI is InChI=1S/C17H14F2IN3O5/c18-11-3-8(20)4-12(19)15(11)22-14-10-5-21-2-1-13(10)28-16(14)17(26)23-27-7-9(25)6-24/h1-5,9,22,24-25H,6-7H2,(H,23,26)/t9-/m1/s1. The van der Waals surface area contributed by atoms with Gasteiger partial charge in [-0.15, -0.1) is 0 Å². The van der Waals surface area contributed by atoms with Crippen LogP contribution in [-0.4, -0.2) is 40.4 Å². The quantitative estimate of drug-likeness (QED) is 0.288. The number of aromatic nitrogens is 1. The first kappa shape index (κ1) is 20.4. The normalized spacial score (nSPS) is 12.2. The van der Waals surface area contributed by atoms with E-state index in [4.69, 9.17) is 14.4 Å². The van der Waals surface area contributed by atoms with Crippen LogP contribution in [0, 0.1) is 15.2 Å². The van der Waals surface area contributed by atoms with Crippen LogP contribution in [-0.2, 0) is 4.84 Å². The molecule has 0 unspecified atom stereocenters. The van der Waals surface area contributed by atoms with E-state index in [2.05, 4.69) is 10.3 Å². The van der Waals surface area contributed by atoms with E-state index in [0.29, 0.717) is 8.96 Å². The number of hydrogen-bond donors (Lipinski definition) is 4. The van der Waals surface area contributed by atoms with Crippen molar-refractivity contribution in [2.24, 2.45) is 0 Å². The van der Waals surface area contributed by atoms with Crippen LogP contribution < -0.4 is 10.8 Å². The maximum Gasteiger partial charge on any atom is 0.312 e. The van der Waals surface area contributed by atoms with E-state index in [9.17, 15) is 18.7 Å². The summed E-state index contributed by atoms with van der Waals surface area (Å²) in [5.41, 5.74) is 1.82. The van der Waals surface area contributed by atoms with Crippen molar-refractivity contribution in [3.05, 3.63) is 51.6 Å². The molecule has 2 aromatic heterocycles. The first-order valence-electron chi connectivity index (χ1n) is 7.89. The number of furan rings is 1. The molecular weight excluding hydrogens is 491 g/mol. The van der Waals surface area contributed by atoms with Crippen molar-refractivity contribution in [3.63, 3.8) is 0 Å². The smallest absolute Gasteiger partial charge is 0.312 e. The molecule has 0 saturated carbocycles. The van der Waals surface area contributed by atoms with Crippen LogP contribution in [0.2, 0.25) is 0 Å². The summed E-state index contributed by atoms with van der Waals surface area (Å²) in [6, 6.07) is 3.74. The SMILES string of the molecule is O=C(NOC[C@H](O)CO)c1oc2ccncc2c1Nc1c(F)cc(I)cc1F. The van der Waals surface area contributed by atoms with E-state index in [-0.39, 0.29) is 23.6 Å². The number of nitrogens with one attached hydrogen (secondary N) is 2. The third kappa shape index (κ3) is 4.38. The zero-order valence-corrected chi connectivity index (χ0v) is 16.2. The second-order valence-corrected chi connectivity index (χ2v) is 6.87. The molecule has 0 aliphatic rings. The highest BCUT2D eigenvalue weighted by molar-refractivity contribution is 14.1. The number of aliphatic hydroxyl groups is 2. The molecule has 0 aliphatic heterocycles.